The molecule has 2 aliphatic rings. The maximum Gasteiger partial charge on any atom is 0.253 e. The average Bonchev–Trinajstić information content (AvgIpc) is 3.53. The number of pyridine rings is 1. The smallest absolute Gasteiger partial charge is 0.253 e. The fraction of sp³-hybridized carbons (Fsp3) is 0.385. The molecule has 1 fully saturated rings. The van der Waals surface area contributed by atoms with Crippen LogP contribution in [0.25, 0.3) is 10.9 Å². The van der Waals surface area contributed by atoms with E-state index in [9.17, 15) is 4.79 Å². The van der Waals surface area contributed by atoms with Crippen molar-refractivity contribution in [3.8, 4) is 0 Å². The second-order valence-corrected chi connectivity index (χ2v) is 9.39. The molecule has 0 spiro atoms. The highest BCUT2D eigenvalue weighted by atomic mass is 16.5. The van der Waals surface area contributed by atoms with E-state index in [1.54, 1.807) is 0 Å². The number of benzene rings is 2. The highest BCUT2D eigenvalue weighted by molar-refractivity contribution is 5.79. The Bertz CT molecular complexity index is 1390. The SMILES string of the molecule is Cc1ccc2[nH]c(=O)c([C@@H](c3nnnn3C[C@H]3CCCO3)N3CCc4ccccc4C3)cc2c1. The summed E-state index contributed by atoms with van der Waals surface area (Å²) >= 11 is 0. The lowest BCUT2D eigenvalue weighted by atomic mass is 9.95. The van der Waals surface area contributed by atoms with Gasteiger partial charge in [-0.25, -0.2) is 4.68 Å². The van der Waals surface area contributed by atoms with Gasteiger partial charge in [0.2, 0.25) is 0 Å². The Hall–Kier alpha value is -3.36. The number of aryl methyl sites for hydroxylation is 1. The molecule has 0 radical (unpaired) electrons. The summed E-state index contributed by atoms with van der Waals surface area (Å²) in [6, 6.07) is 16.2. The maximum atomic E-state index is 13.4. The van der Waals surface area contributed by atoms with Gasteiger partial charge in [-0.2, -0.15) is 0 Å². The zero-order chi connectivity index (χ0) is 23.1. The molecule has 0 aliphatic carbocycles. The van der Waals surface area contributed by atoms with Crippen LogP contribution in [0.1, 0.15) is 47.0 Å². The predicted octanol–water partition coefficient (Wildman–Crippen LogP) is 3.15. The molecule has 6 rings (SSSR count). The number of ether oxygens (including phenoxy) is 1. The number of rotatable bonds is 5. The molecule has 174 valence electrons. The minimum absolute atomic E-state index is 0.0996. The fourth-order valence-corrected chi connectivity index (χ4v) is 5.30. The van der Waals surface area contributed by atoms with E-state index >= 15 is 0 Å². The van der Waals surface area contributed by atoms with Crippen LogP contribution in [-0.4, -0.2) is 49.3 Å². The number of aromatic amines is 1. The van der Waals surface area contributed by atoms with Crippen LogP contribution < -0.4 is 5.56 Å². The first-order chi connectivity index (χ1) is 16.7. The van der Waals surface area contributed by atoms with Gasteiger partial charge in [-0.05, 0) is 71.3 Å². The van der Waals surface area contributed by atoms with Gasteiger partial charge >= 0.3 is 0 Å². The molecule has 2 aliphatic heterocycles. The van der Waals surface area contributed by atoms with Gasteiger partial charge in [0, 0.05) is 30.8 Å². The molecule has 1 saturated heterocycles. The van der Waals surface area contributed by atoms with Crippen LogP contribution in [0, 0.1) is 6.92 Å². The molecule has 0 unspecified atom stereocenters. The number of fused-ring (bicyclic) bond motifs is 2. The Morgan fingerprint density at radius 2 is 2.06 bits per heavy atom. The van der Waals surface area contributed by atoms with E-state index in [1.165, 1.54) is 11.1 Å². The second-order valence-electron chi connectivity index (χ2n) is 9.39. The number of nitrogens with one attached hydrogen (secondary N) is 1. The van der Waals surface area contributed by atoms with E-state index < -0.39 is 0 Å². The van der Waals surface area contributed by atoms with E-state index in [0.717, 1.165) is 55.4 Å². The standard InChI is InChI=1S/C26H28N6O2/c1-17-8-9-23-20(13-17)14-22(26(33)27-23)24(31-11-10-18-5-2-3-6-19(18)15-31)25-28-29-30-32(25)16-21-7-4-12-34-21/h2-3,5-6,8-9,13-14,21,24H,4,7,10-12,15-16H2,1H3,(H,27,33)/t21-,24+/m1/s1. The highest BCUT2D eigenvalue weighted by Crippen LogP contribution is 2.32. The number of aromatic nitrogens is 5. The number of hydrogen-bond acceptors (Lipinski definition) is 6. The van der Waals surface area contributed by atoms with Gasteiger partial charge in [0.05, 0.1) is 12.6 Å². The molecular weight excluding hydrogens is 428 g/mol. The Kier molecular flexibility index (Phi) is 5.47. The Balaban J connectivity index is 1.46. The first-order valence-corrected chi connectivity index (χ1v) is 12.0. The van der Waals surface area contributed by atoms with Crippen LogP contribution in [-0.2, 0) is 24.2 Å². The summed E-state index contributed by atoms with van der Waals surface area (Å²) in [6.07, 6.45) is 3.07. The van der Waals surface area contributed by atoms with Crippen molar-refractivity contribution in [3.63, 3.8) is 0 Å². The van der Waals surface area contributed by atoms with E-state index in [4.69, 9.17) is 4.74 Å². The summed E-state index contributed by atoms with van der Waals surface area (Å²) in [5.74, 6) is 0.687. The normalized spacial score (nSPS) is 19.4. The molecule has 0 bridgehead atoms. The number of nitrogens with zero attached hydrogens (tertiary/aromatic N) is 5. The first-order valence-electron chi connectivity index (χ1n) is 12.0. The molecule has 8 nitrogen and oxygen atoms in total. The van der Waals surface area contributed by atoms with Crippen molar-refractivity contribution >= 4 is 10.9 Å². The third kappa shape index (κ3) is 3.93. The Labute approximate surface area is 197 Å². The summed E-state index contributed by atoms with van der Waals surface area (Å²) in [6.45, 7) is 4.98. The zero-order valence-electron chi connectivity index (χ0n) is 19.3. The van der Waals surface area contributed by atoms with E-state index in [1.807, 2.05) is 22.9 Å². The van der Waals surface area contributed by atoms with Crippen molar-refractivity contribution in [1.82, 2.24) is 30.1 Å². The Morgan fingerprint density at radius 1 is 1.18 bits per heavy atom. The van der Waals surface area contributed by atoms with Crippen LogP contribution in [0.5, 0.6) is 0 Å². The molecule has 1 N–H and O–H groups in total. The van der Waals surface area contributed by atoms with Gasteiger partial charge in [-0.1, -0.05) is 35.9 Å². The largest absolute Gasteiger partial charge is 0.376 e. The third-order valence-corrected chi connectivity index (χ3v) is 7.05. The van der Waals surface area contributed by atoms with Crippen molar-refractivity contribution in [3.05, 3.63) is 87.0 Å². The molecule has 2 aromatic heterocycles. The molecule has 2 aromatic carbocycles. The van der Waals surface area contributed by atoms with Crippen molar-refractivity contribution in [2.75, 3.05) is 13.2 Å². The van der Waals surface area contributed by atoms with Gasteiger partial charge in [0.25, 0.3) is 5.56 Å². The van der Waals surface area contributed by atoms with Gasteiger partial charge in [-0.15, -0.1) is 5.10 Å². The molecule has 8 heteroatoms. The molecular formula is C26H28N6O2. The minimum Gasteiger partial charge on any atom is -0.376 e. The minimum atomic E-state index is -0.363. The van der Waals surface area contributed by atoms with E-state index in [-0.39, 0.29) is 17.7 Å². The van der Waals surface area contributed by atoms with Gasteiger partial charge in [0.15, 0.2) is 5.82 Å². The summed E-state index contributed by atoms with van der Waals surface area (Å²) in [4.78, 5) is 18.8. The highest BCUT2D eigenvalue weighted by Gasteiger charge is 2.33. The molecule has 4 heterocycles. The maximum absolute atomic E-state index is 13.4. The van der Waals surface area contributed by atoms with Crippen LogP contribution in [0.2, 0.25) is 0 Å². The number of H-pyrrole nitrogens is 1. The quantitative estimate of drug-likeness (QED) is 0.496. The third-order valence-electron chi connectivity index (χ3n) is 7.05. The lowest BCUT2D eigenvalue weighted by Crippen LogP contribution is -2.39. The van der Waals surface area contributed by atoms with Crippen molar-refractivity contribution in [1.29, 1.82) is 0 Å². The van der Waals surface area contributed by atoms with Crippen LogP contribution >= 0.6 is 0 Å². The summed E-state index contributed by atoms with van der Waals surface area (Å²) in [5, 5.41) is 13.8. The van der Waals surface area contributed by atoms with Crippen LogP contribution in [0.4, 0.5) is 0 Å². The summed E-state index contributed by atoms with van der Waals surface area (Å²) in [5.41, 5.74) is 5.19. The predicted molar refractivity (Wildman–Crippen MR) is 128 cm³/mol. The van der Waals surface area contributed by atoms with Crippen molar-refractivity contribution in [2.24, 2.45) is 0 Å². The van der Waals surface area contributed by atoms with E-state index in [2.05, 4.69) is 62.7 Å². The zero-order valence-corrected chi connectivity index (χ0v) is 19.3. The van der Waals surface area contributed by atoms with Crippen LogP contribution in [0.3, 0.4) is 0 Å². The lowest BCUT2D eigenvalue weighted by molar-refractivity contribution is 0.0904. The molecule has 2 atom stereocenters. The molecule has 4 aromatic rings. The van der Waals surface area contributed by atoms with Gasteiger partial charge in [0.1, 0.15) is 6.04 Å². The number of tetrazole rings is 1. The summed E-state index contributed by atoms with van der Waals surface area (Å²) < 4.78 is 7.69. The van der Waals surface area contributed by atoms with Crippen molar-refractivity contribution in [2.45, 2.75) is 51.4 Å². The lowest BCUT2D eigenvalue weighted by Gasteiger charge is -2.35. The van der Waals surface area contributed by atoms with Crippen LogP contribution in [0.15, 0.2) is 53.3 Å². The summed E-state index contributed by atoms with van der Waals surface area (Å²) in [7, 11) is 0. The average molecular weight is 457 g/mol. The first kappa shape index (κ1) is 21.2. The fourth-order valence-electron chi connectivity index (χ4n) is 5.30. The Morgan fingerprint density at radius 3 is 2.91 bits per heavy atom. The van der Waals surface area contributed by atoms with Gasteiger partial charge < -0.3 is 9.72 Å². The van der Waals surface area contributed by atoms with Crippen molar-refractivity contribution < 1.29 is 4.74 Å². The molecule has 34 heavy (non-hydrogen) atoms. The van der Waals surface area contributed by atoms with Gasteiger partial charge in [-0.3, -0.25) is 9.69 Å². The van der Waals surface area contributed by atoms with E-state index in [0.29, 0.717) is 17.9 Å². The number of hydrogen-bond donors (Lipinski definition) is 1. The second kappa shape index (κ2) is 8.77. The molecule has 0 amide bonds. The monoisotopic (exact) mass is 456 g/mol. The topological polar surface area (TPSA) is 88.9 Å². The molecule has 0 saturated carbocycles.